The molecule has 0 spiro atoms. The molecule has 9 amide bonds. The van der Waals surface area contributed by atoms with E-state index in [0.717, 1.165) is 83.8 Å². The topological polar surface area (TPSA) is 400 Å². The molecule has 8 aliphatic rings. The van der Waals surface area contributed by atoms with Gasteiger partial charge in [0.1, 0.15) is 51.6 Å². The van der Waals surface area contributed by atoms with Gasteiger partial charge in [-0.2, -0.15) is 9.97 Å². The van der Waals surface area contributed by atoms with Gasteiger partial charge in [0.15, 0.2) is 28.1 Å². The van der Waals surface area contributed by atoms with Crippen molar-refractivity contribution in [1.82, 2.24) is 83.7 Å². The van der Waals surface area contributed by atoms with Crippen molar-refractivity contribution in [2.45, 2.75) is 124 Å². The lowest BCUT2D eigenvalue weighted by atomic mass is 9.72. The number of ether oxygens (including phenoxy) is 3. The molecule has 8 aliphatic heterocycles. The van der Waals surface area contributed by atoms with Crippen molar-refractivity contribution in [2.75, 3.05) is 81.4 Å². The second-order valence-electron chi connectivity index (χ2n) is 31.6. The number of carbonyl (C=O) groups excluding carboxylic acids is 9. The highest BCUT2D eigenvalue weighted by Crippen LogP contribution is 2.35. The van der Waals surface area contributed by atoms with E-state index in [1.807, 2.05) is 66.7 Å². The predicted molar refractivity (Wildman–Crippen MR) is 462 cm³/mol. The van der Waals surface area contributed by atoms with Crippen molar-refractivity contribution in [3.63, 3.8) is 0 Å². The minimum Gasteiger partial charge on any atom is -0.444 e. The Bertz CT molecular complexity index is 5720. The van der Waals surface area contributed by atoms with Crippen LogP contribution in [0.2, 0.25) is 0 Å². The number of anilines is 3. The van der Waals surface area contributed by atoms with Crippen molar-refractivity contribution < 1.29 is 57.4 Å². The highest BCUT2D eigenvalue weighted by Gasteiger charge is 2.32. The maximum Gasteiger partial charge on any atom is 0.414 e. The Kier molecular flexibility index (Phi) is 29.6. The average Bonchev–Trinajstić information content (AvgIpc) is 1.67. The Morgan fingerprint density at radius 2 is 0.944 bits per heavy atom. The average molecular weight is 1700 g/mol. The van der Waals surface area contributed by atoms with Crippen molar-refractivity contribution in [3.8, 4) is 0 Å². The van der Waals surface area contributed by atoms with Gasteiger partial charge in [-0.1, -0.05) is 196 Å². The van der Waals surface area contributed by atoms with Crippen LogP contribution >= 0.6 is 0 Å². The summed E-state index contributed by atoms with van der Waals surface area (Å²) in [6.45, 7) is -1.26. The van der Waals surface area contributed by atoms with Crippen LogP contribution in [0.5, 0.6) is 0 Å². The summed E-state index contributed by atoms with van der Waals surface area (Å²) < 4.78 is 20.1. The van der Waals surface area contributed by atoms with Gasteiger partial charge in [-0.25, -0.2) is 39.1 Å². The fourth-order valence-electron chi connectivity index (χ4n) is 15.8. The van der Waals surface area contributed by atoms with E-state index < -0.39 is 97.7 Å². The molecule has 10 bridgehead atoms. The Balaban J connectivity index is 0.808. The van der Waals surface area contributed by atoms with Crippen LogP contribution in [0, 0.1) is 17.8 Å². The van der Waals surface area contributed by atoms with Crippen LogP contribution < -0.4 is 37.8 Å². The molecule has 0 radical (unpaired) electrons. The quantitative estimate of drug-likeness (QED) is 0.0522. The molecule has 0 fully saturated rings. The van der Waals surface area contributed by atoms with Crippen molar-refractivity contribution in [2.24, 2.45) is 17.8 Å². The zero-order valence-electron chi connectivity index (χ0n) is 69.5. The predicted octanol–water partition coefficient (Wildman–Crippen LogP) is 8.79. The van der Waals surface area contributed by atoms with Crippen LogP contribution in [-0.4, -0.2) is 192 Å². The molecule has 13 heterocycles. The molecule has 0 aliphatic carbocycles. The molecular weight excluding hydrogens is 1600 g/mol. The summed E-state index contributed by atoms with van der Waals surface area (Å²) in [6.07, 6.45) is 10.00. The molecule has 3 atom stereocenters. The highest BCUT2D eigenvalue weighted by atomic mass is 16.6. The summed E-state index contributed by atoms with van der Waals surface area (Å²) in [5, 5.41) is 14.1. The van der Waals surface area contributed by atoms with Crippen LogP contribution in [0.3, 0.4) is 0 Å². The van der Waals surface area contributed by atoms with Gasteiger partial charge in [0.25, 0.3) is 5.56 Å². The van der Waals surface area contributed by atoms with Gasteiger partial charge >= 0.3 is 24.0 Å². The van der Waals surface area contributed by atoms with Gasteiger partial charge in [-0.05, 0) is 106 Å². The number of amides is 9. The molecule has 0 saturated heterocycles. The maximum atomic E-state index is 16.0. The molecule has 6 N–H and O–H groups in total. The number of nitrogens with zero attached hydrogens (tertiary/aromatic N) is 14. The molecule has 6 aromatic carbocycles. The molecule has 0 saturated carbocycles. The van der Waals surface area contributed by atoms with Crippen LogP contribution in [0.4, 0.5) is 32.0 Å². The number of H-pyrrole nitrogens is 1. The van der Waals surface area contributed by atoms with E-state index in [2.05, 4.69) is 117 Å². The summed E-state index contributed by atoms with van der Waals surface area (Å²) in [6, 6.07) is 53.3. The highest BCUT2D eigenvalue weighted by molar-refractivity contribution is 5.94. The van der Waals surface area contributed by atoms with Crippen molar-refractivity contribution in [3.05, 3.63) is 266 Å². The van der Waals surface area contributed by atoms with E-state index in [1.54, 1.807) is 48.5 Å². The second kappa shape index (κ2) is 42.5. The lowest BCUT2D eigenvalue weighted by molar-refractivity contribution is -0.144. The first-order valence-electron chi connectivity index (χ1n) is 42.0. The smallest absolute Gasteiger partial charge is 0.414 e. The van der Waals surface area contributed by atoms with Crippen molar-refractivity contribution >= 4 is 93.6 Å². The van der Waals surface area contributed by atoms with E-state index in [1.165, 1.54) is 70.4 Å². The second-order valence-corrected chi connectivity index (χ2v) is 31.6. The molecule has 648 valence electrons. The first-order chi connectivity index (χ1) is 60.8. The van der Waals surface area contributed by atoms with Gasteiger partial charge in [0.05, 0.1) is 32.3 Å². The Hall–Kier alpha value is -14.3. The van der Waals surface area contributed by atoms with Gasteiger partial charge in [0, 0.05) is 71.6 Å². The van der Waals surface area contributed by atoms with E-state index in [0.29, 0.717) is 36.2 Å². The number of hydrogen-bond donors (Lipinski definition) is 6. The van der Waals surface area contributed by atoms with E-state index in [4.69, 9.17) is 14.2 Å². The maximum absolute atomic E-state index is 16.0. The van der Waals surface area contributed by atoms with Crippen molar-refractivity contribution in [1.29, 1.82) is 0 Å². The number of carbonyl (C=O) groups is 9. The fourth-order valence-corrected chi connectivity index (χ4v) is 15.8. The minimum atomic E-state index is -0.951. The summed E-state index contributed by atoms with van der Waals surface area (Å²) in [4.78, 5) is 194. The summed E-state index contributed by atoms with van der Waals surface area (Å²) in [5.41, 5.74) is 6.42. The van der Waals surface area contributed by atoms with E-state index in [9.17, 15) is 28.8 Å². The van der Waals surface area contributed by atoms with Gasteiger partial charge in [-0.15, -0.1) is 0 Å². The number of aromatic nitrogens is 10. The molecule has 5 aromatic heterocycles. The van der Waals surface area contributed by atoms with Crippen LogP contribution in [-0.2, 0) is 121 Å². The molecule has 19 rings (SSSR count). The minimum absolute atomic E-state index is 0.0153. The Morgan fingerprint density at radius 1 is 0.448 bits per heavy atom. The van der Waals surface area contributed by atoms with Gasteiger partial charge < -0.3 is 58.5 Å². The first kappa shape index (κ1) is 87.1. The zero-order chi connectivity index (χ0) is 87.0. The lowest BCUT2D eigenvalue weighted by Gasteiger charge is -2.33. The Labute approximate surface area is 720 Å². The molecule has 125 heavy (non-hydrogen) atoms. The number of benzene rings is 6. The van der Waals surface area contributed by atoms with Crippen LogP contribution in [0.1, 0.15) is 95.5 Å². The lowest BCUT2D eigenvalue weighted by Crippen LogP contribution is -2.51. The monoisotopic (exact) mass is 1700 g/mol. The summed E-state index contributed by atoms with van der Waals surface area (Å²) in [5.74, 6) is -3.48. The third-order valence-corrected chi connectivity index (χ3v) is 22.6. The Morgan fingerprint density at radius 3 is 1.54 bits per heavy atom. The number of rotatable bonds is 15. The van der Waals surface area contributed by atoms with Crippen LogP contribution in [0.25, 0.3) is 22.3 Å². The number of hydrogen-bond acceptors (Lipinski definition) is 21. The van der Waals surface area contributed by atoms with Crippen LogP contribution in [0.15, 0.2) is 205 Å². The standard InChI is InChI=1S/C91H100N20O14/c1-62-44-63-23-29-66(30-24-63)47-92-37-39-104(79(116)54-110-60-96-81-83(94-59-95-84(81)110)100-90(121)124-57-70-18-10-6-11-19-70)51-76(113)106-41-43-108(78(115)53-109-38-35-74(98-88(109)119)99-89(120)123-56-69-16-8-5-9-17-69)52-77(114)105-40-42-107(80(117)55-111-61-97-82-85(111)101-87(102-86(82)118)103-91(122)125-58-71-20-12-7-13-21-71)50-75(112)93-36-15-4-2-3-14-22-72(45-64-25-31-67(48-105)32-26-64)73(62)46-65-27-33-68(49-106)34-28-65/h5-13,16-21,23-35,38,59-62,72-73,92H,2-4,14-15,22,36-37,39-58H2,1H3,(H,93,112)(H,94,95,100,121)(H,98,99,119,120)(H2,101,102,103,118,122). The number of aromatic amines is 1. The molecule has 3 unspecified atom stereocenters. The fraction of sp³-hybridized carbons (Fsp3) is 0.352. The molecule has 34 heteroatoms. The van der Waals surface area contributed by atoms with E-state index in [-0.39, 0.29) is 136 Å². The third-order valence-electron chi connectivity index (χ3n) is 22.6. The van der Waals surface area contributed by atoms with Gasteiger partial charge in [-0.3, -0.25) is 59.1 Å². The normalized spacial score (nSPS) is 17.0. The summed E-state index contributed by atoms with van der Waals surface area (Å²) in [7, 11) is 0. The van der Waals surface area contributed by atoms with E-state index >= 15 is 24.0 Å². The first-order valence-corrected chi connectivity index (χ1v) is 42.0. The number of fused-ring (bicyclic) bond motifs is 15. The van der Waals surface area contributed by atoms with Gasteiger partial charge in [0.2, 0.25) is 41.4 Å². The number of imidazole rings is 2. The molecule has 34 nitrogen and oxygen atoms in total. The third kappa shape index (κ3) is 24.5. The largest absolute Gasteiger partial charge is 0.444 e. The molecular formula is C91H100N20O14. The number of nitrogens with one attached hydrogen (secondary N) is 6. The SMILES string of the molecule is CC1Cc2ccc(cc2)CNCCN(C(=O)Cn2cnc3c(NC(=O)OCc4ccccc4)ncnc32)CC(=O)N2CCN(C(=O)Cn3ccc(NC(=O)OCc4ccccc4)nc3=O)CC(=O)N3CCN(C(=O)Cn4cnc5c(=O)[nH]c(NC(=O)OCc6ccccc6)nc54)CC(=O)NCCCCCCCC(Cc4ccc(cc4)C3)C1Cc1ccc(cc1)C2. The molecule has 11 aromatic rings. The summed E-state index contributed by atoms with van der Waals surface area (Å²) >= 11 is 0. The zero-order valence-corrected chi connectivity index (χ0v) is 69.5.